The maximum atomic E-state index is 12.0. The molecule has 21 heavy (non-hydrogen) atoms. The molecule has 1 aliphatic heterocycles. The Labute approximate surface area is 123 Å². The van der Waals surface area contributed by atoms with Crippen LogP contribution in [-0.4, -0.2) is 46.1 Å². The van der Waals surface area contributed by atoms with E-state index >= 15 is 0 Å². The van der Waals surface area contributed by atoms with Crippen LogP contribution in [0.2, 0.25) is 0 Å². The lowest BCUT2D eigenvalue weighted by molar-refractivity contribution is -0.145. The molecule has 0 radical (unpaired) electrons. The van der Waals surface area contributed by atoms with Crippen LogP contribution in [0.15, 0.2) is 24.3 Å². The topological polar surface area (TPSA) is 89.9 Å². The first-order valence-corrected chi connectivity index (χ1v) is 7.12. The molecular formula is C15H20N2O4. The molecule has 1 aliphatic rings. The van der Waals surface area contributed by atoms with Crippen LogP contribution >= 0.6 is 0 Å². The smallest absolute Gasteiger partial charge is 0.321 e. The van der Waals surface area contributed by atoms with Crippen LogP contribution in [0.1, 0.15) is 25.7 Å². The van der Waals surface area contributed by atoms with Gasteiger partial charge in [-0.15, -0.1) is 0 Å². The molecule has 1 unspecified atom stereocenters. The van der Waals surface area contributed by atoms with Crippen molar-refractivity contribution in [2.45, 2.75) is 31.7 Å². The summed E-state index contributed by atoms with van der Waals surface area (Å²) >= 11 is 0. The molecule has 3 N–H and O–H groups in total. The molecule has 1 fully saturated rings. The number of phenols is 1. The molecule has 0 saturated carbocycles. The molecule has 114 valence electrons. The number of likely N-dealkylation sites (tertiary alicyclic amines) is 1. The Bertz CT molecular complexity index is 512. The number of aromatic hydroxyl groups is 1. The summed E-state index contributed by atoms with van der Waals surface area (Å²) in [7, 11) is 0. The fraction of sp³-hybridized carbons (Fsp3) is 0.467. The van der Waals surface area contributed by atoms with Crippen molar-refractivity contribution in [1.82, 2.24) is 4.90 Å². The Balaban J connectivity index is 1.96. The molecule has 6 heteroatoms. The summed E-state index contributed by atoms with van der Waals surface area (Å²) in [5, 5.41) is 21.3. The van der Waals surface area contributed by atoms with E-state index in [1.165, 1.54) is 12.1 Å². The van der Waals surface area contributed by atoms with E-state index in [1.807, 2.05) is 4.90 Å². The number of hydrogen-bond acceptors (Lipinski definition) is 4. The molecule has 1 atom stereocenters. The number of anilines is 1. The number of rotatable bonds is 5. The number of carbonyl (C=O) groups is 2. The lowest BCUT2D eigenvalue weighted by atomic mass is 10.1. The van der Waals surface area contributed by atoms with Crippen molar-refractivity contribution in [3.8, 4) is 5.75 Å². The van der Waals surface area contributed by atoms with Gasteiger partial charge in [-0.25, -0.2) is 0 Å². The molecule has 1 heterocycles. The molecule has 0 aliphatic carbocycles. The Morgan fingerprint density at radius 1 is 1.24 bits per heavy atom. The Hall–Kier alpha value is -2.08. The van der Waals surface area contributed by atoms with E-state index in [1.54, 1.807) is 12.1 Å². The maximum absolute atomic E-state index is 12.0. The first-order chi connectivity index (χ1) is 10.1. The number of carbonyl (C=O) groups excluding carboxylic acids is 1. The summed E-state index contributed by atoms with van der Waals surface area (Å²) < 4.78 is 0. The normalized spacial score (nSPS) is 17.1. The first kappa shape index (κ1) is 15.3. The van der Waals surface area contributed by atoms with Crippen molar-refractivity contribution in [2.75, 3.05) is 18.4 Å². The lowest BCUT2D eigenvalue weighted by Crippen LogP contribution is -2.45. The predicted molar refractivity (Wildman–Crippen MR) is 78.2 cm³/mol. The minimum atomic E-state index is -0.969. The number of hydrogen-bond donors (Lipinski definition) is 3. The van der Waals surface area contributed by atoms with Crippen LogP contribution in [0.4, 0.5) is 5.69 Å². The van der Waals surface area contributed by atoms with E-state index in [2.05, 4.69) is 5.32 Å². The molecule has 0 aromatic heterocycles. The van der Waals surface area contributed by atoms with E-state index in [0.717, 1.165) is 32.4 Å². The zero-order chi connectivity index (χ0) is 15.2. The average Bonchev–Trinajstić information content (AvgIpc) is 2.45. The van der Waals surface area contributed by atoms with Gasteiger partial charge in [-0.3, -0.25) is 14.5 Å². The van der Waals surface area contributed by atoms with Crippen LogP contribution in [0.25, 0.3) is 0 Å². The zero-order valence-corrected chi connectivity index (χ0v) is 11.8. The van der Waals surface area contributed by atoms with Gasteiger partial charge in [0.05, 0.1) is 6.42 Å². The number of phenolic OH excluding ortho intramolecular Hbond substituents is 1. The van der Waals surface area contributed by atoms with Gasteiger partial charge in [-0.05, 0) is 38.1 Å². The molecule has 2 rings (SSSR count). The summed E-state index contributed by atoms with van der Waals surface area (Å²) in [5.74, 6) is -1.28. The first-order valence-electron chi connectivity index (χ1n) is 7.12. The highest BCUT2D eigenvalue weighted by molar-refractivity contribution is 5.94. The SMILES string of the molecule is O=C(CC(C(=O)O)N1CCCCC1)Nc1cccc(O)c1. The molecular weight excluding hydrogens is 272 g/mol. The van der Waals surface area contributed by atoms with Crippen molar-refractivity contribution in [2.24, 2.45) is 0 Å². The summed E-state index contributed by atoms with van der Waals surface area (Å²) in [4.78, 5) is 25.2. The second-order valence-corrected chi connectivity index (χ2v) is 5.25. The molecule has 6 nitrogen and oxygen atoms in total. The Kier molecular flexibility index (Phi) is 5.16. The van der Waals surface area contributed by atoms with Gasteiger partial charge in [0.2, 0.25) is 5.91 Å². The number of amides is 1. The van der Waals surface area contributed by atoms with Gasteiger partial charge in [0.15, 0.2) is 0 Å². The number of nitrogens with one attached hydrogen (secondary N) is 1. The largest absolute Gasteiger partial charge is 0.508 e. The van der Waals surface area contributed by atoms with Crippen LogP contribution in [0.5, 0.6) is 5.75 Å². The maximum Gasteiger partial charge on any atom is 0.321 e. The van der Waals surface area contributed by atoms with E-state index in [9.17, 15) is 19.8 Å². The quantitative estimate of drug-likeness (QED) is 0.768. The summed E-state index contributed by atoms with van der Waals surface area (Å²) in [6.07, 6.45) is 2.96. The summed E-state index contributed by atoms with van der Waals surface area (Å²) in [6.45, 7) is 1.44. The number of piperidine rings is 1. The van der Waals surface area contributed by atoms with E-state index in [-0.39, 0.29) is 18.1 Å². The van der Waals surface area contributed by atoms with Gasteiger partial charge in [0, 0.05) is 11.8 Å². The van der Waals surface area contributed by atoms with E-state index in [4.69, 9.17) is 0 Å². The Morgan fingerprint density at radius 3 is 2.57 bits per heavy atom. The van der Waals surface area contributed by atoms with Gasteiger partial charge < -0.3 is 15.5 Å². The Morgan fingerprint density at radius 2 is 1.95 bits per heavy atom. The third-order valence-corrected chi connectivity index (χ3v) is 3.63. The van der Waals surface area contributed by atoms with Crippen LogP contribution in [0, 0.1) is 0 Å². The third-order valence-electron chi connectivity index (χ3n) is 3.63. The van der Waals surface area contributed by atoms with Gasteiger partial charge >= 0.3 is 5.97 Å². The lowest BCUT2D eigenvalue weighted by Gasteiger charge is -2.31. The van der Waals surface area contributed by atoms with Gasteiger partial charge in [-0.1, -0.05) is 12.5 Å². The molecule has 1 aromatic carbocycles. The second kappa shape index (κ2) is 7.08. The number of nitrogens with zero attached hydrogens (tertiary/aromatic N) is 1. The monoisotopic (exact) mass is 292 g/mol. The van der Waals surface area contributed by atoms with Crippen molar-refractivity contribution < 1.29 is 19.8 Å². The van der Waals surface area contributed by atoms with Crippen molar-refractivity contribution in [3.63, 3.8) is 0 Å². The number of aliphatic carboxylic acids is 1. The van der Waals surface area contributed by atoms with Gasteiger partial charge in [0.1, 0.15) is 11.8 Å². The second-order valence-electron chi connectivity index (χ2n) is 5.25. The minimum Gasteiger partial charge on any atom is -0.508 e. The van der Waals surface area contributed by atoms with Crippen molar-refractivity contribution >= 4 is 17.6 Å². The zero-order valence-electron chi connectivity index (χ0n) is 11.8. The fourth-order valence-electron chi connectivity index (χ4n) is 2.57. The van der Waals surface area contributed by atoms with Crippen molar-refractivity contribution in [3.05, 3.63) is 24.3 Å². The standard InChI is InChI=1S/C15H20N2O4/c18-12-6-4-5-11(9-12)16-14(19)10-13(15(20)21)17-7-2-1-3-8-17/h4-6,9,13,18H,1-3,7-8,10H2,(H,16,19)(H,20,21). The number of benzene rings is 1. The highest BCUT2D eigenvalue weighted by Crippen LogP contribution is 2.18. The predicted octanol–water partition coefficient (Wildman–Crippen LogP) is 1.66. The highest BCUT2D eigenvalue weighted by atomic mass is 16.4. The van der Waals surface area contributed by atoms with Crippen LogP contribution in [-0.2, 0) is 9.59 Å². The van der Waals surface area contributed by atoms with Crippen molar-refractivity contribution in [1.29, 1.82) is 0 Å². The summed E-state index contributed by atoms with van der Waals surface area (Å²) in [5.41, 5.74) is 0.461. The number of carboxylic acid groups (broad SMARTS) is 1. The molecule has 1 aromatic rings. The van der Waals surface area contributed by atoms with Crippen LogP contribution < -0.4 is 5.32 Å². The molecule has 1 saturated heterocycles. The molecule has 1 amide bonds. The fourth-order valence-corrected chi connectivity index (χ4v) is 2.57. The van der Waals surface area contributed by atoms with Gasteiger partial charge in [-0.2, -0.15) is 0 Å². The molecule has 0 bridgehead atoms. The summed E-state index contributed by atoms with van der Waals surface area (Å²) in [6, 6.07) is 5.40. The molecule has 0 spiro atoms. The third kappa shape index (κ3) is 4.46. The van der Waals surface area contributed by atoms with E-state index in [0.29, 0.717) is 5.69 Å². The van der Waals surface area contributed by atoms with Gasteiger partial charge in [0.25, 0.3) is 0 Å². The van der Waals surface area contributed by atoms with E-state index < -0.39 is 12.0 Å². The highest BCUT2D eigenvalue weighted by Gasteiger charge is 2.29. The average molecular weight is 292 g/mol. The number of carboxylic acids is 1. The van der Waals surface area contributed by atoms with Crippen LogP contribution in [0.3, 0.4) is 0 Å². The minimum absolute atomic E-state index is 0.0543.